The molecular weight excluding hydrogens is 715 g/mol. The van der Waals surface area contributed by atoms with Gasteiger partial charge in [-0.05, 0) is 104 Å². The fraction of sp³-hybridized carbons (Fsp3) is 0.0175. The van der Waals surface area contributed by atoms with E-state index in [1.54, 1.807) is 0 Å². The van der Waals surface area contributed by atoms with Crippen LogP contribution in [-0.2, 0) is 5.41 Å². The number of anilines is 3. The van der Waals surface area contributed by atoms with Gasteiger partial charge in [0.05, 0.1) is 11.1 Å². The lowest BCUT2D eigenvalue weighted by molar-refractivity contribution is 0.488. The topological polar surface area (TPSA) is 12.5 Å². The minimum Gasteiger partial charge on any atom is -0.456 e. The van der Waals surface area contributed by atoms with Crippen molar-refractivity contribution in [2.45, 2.75) is 5.41 Å². The van der Waals surface area contributed by atoms with Crippen molar-refractivity contribution in [3.8, 4) is 56.0 Å². The van der Waals surface area contributed by atoms with Crippen LogP contribution in [0.25, 0.3) is 56.7 Å². The lowest BCUT2D eigenvalue weighted by atomic mass is 9.66. The summed E-state index contributed by atoms with van der Waals surface area (Å²) in [7, 11) is 0. The summed E-state index contributed by atoms with van der Waals surface area (Å²) < 4.78 is 6.73. The predicted molar refractivity (Wildman–Crippen MR) is 244 cm³/mol. The molecule has 1 spiro atoms. The first kappa shape index (κ1) is 33.5. The molecule has 0 radical (unpaired) electrons. The van der Waals surface area contributed by atoms with Crippen LogP contribution in [0.15, 0.2) is 212 Å². The molecule has 3 aliphatic rings. The van der Waals surface area contributed by atoms with E-state index in [-0.39, 0.29) is 0 Å². The van der Waals surface area contributed by atoms with E-state index in [1.807, 2.05) is 6.07 Å². The molecule has 2 nitrogen and oxygen atoms in total. The van der Waals surface area contributed by atoms with E-state index in [2.05, 4.69) is 223 Å². The van der Waals surface area contributed by atoms with E-state index >= 15 is 0 Å². The number of para-hydroxylation sites is 2. The normalized spacial score (nSPS) is 13.3. The van der Waals surface area contributed by atoms with E-state index in [9.17, 15) is 0 Å². The van der Waals surface area contributed by atoms with Gasteiger partial charge in [-0.3, -0.25) is 0 Å². The van der Waals surface area contributed by atoms with Gasteiger partial charge < -0.3 is 9.64 Å². The van der Waals surface area contributed by atoms with Crippen LogP contribution >= 0.6 is 0 Å². The highest BCUT2D eigenvalue weighted by atomic mass is 16.5. The average molecular weight is 752 g/mol. The molecule has 2 heteroatoms. The molecule has 0 saturated carbocycles. The summed E-state index contributed by atoms with van der Waals surface area (Å²) in [6, 6.07) is 77.3. The van der Waals surface area contributed by atoms with Crippen LogP contribution in [-0.4, -0.2) is 0 Å². The Bertz CT molecular complexity index is 3110. The lowest BCUT2D eigenvalue weighted by Gasteiger charge is -2.35. The van der Waals surface area contributed by atoms with Gasteiger partial charge in [0.15, 0.2) is 0 Å². The lowest BCUT2D eigenvalue weighted by Crippen LogP contribution is -2.29. The van der Waals surface area contributed by atoms with Crippen LogP contribution in [0.3, 0.4) is 0 Å². The van der Waals surface area contributed by atoms with Crippen molar-refractivity contribution in [3.05, 3.63) is 246 Å². The Balaban J connectivity index is 1.12. The number of fused-ring (bicyclic) bond motifs is 14. The molecule has 12 rings (SSSR count). The third-order valence-electron chi connectivity index (χ3n) is 12.5. The van der Waals surface area contributed by atoms with Crippen LogP contribution < -0.4 is 9.64 Å². The van der Waals surface area contributed by atoms with Crippen molar-refractivity contribution in [3.63, 3.8) is 0 Å². The van der Waals surface area contributed by atoms with Gasteiger partial charge in [-0.2, -0.15) is 0 Å². The zero-order chi connectivity index (χ0) is 38.9. The number of rotatable bonds is 4. The predicted octanol–water partition coefficient (Wildman–Crippen LogP) is 15.1. The maximum Gasteiger partial charge on any atom is 0.135 e. The molecule has 0 N–H and O–H groups in total. The third kappa shape index (κ3) is 5.00. The number of hydrogen-bond acceptors (Lipinski definition) is 2. The molecule has 276 valence electrons. The largest absolute Gasteiger partial charge is 0.456 e. The summed E-state index contributed by atoms with van der Waals surface area (Å²) >= 11 is 0. The number of ether oxygens (including phenoxy) is 1. The number of nitrogens with zero attached hydrogens (tertiary/aromatic N) is 1. The van der Waals surface area contributed by atoms with E-state index in [4.69, 9.17) is 4.74 Å². The highest BCUT2D eigenvalue weighted by Crippen LogP contribution is 2.60. The van der Waals surface area contributed by atoms with E-state index < -0.39 is 5.41 Å². The minimum absolute atomic E-state index is 0.492. The SMILES string of the molecule is C1=Cc2ccccc2C2(c3ccccc31)c1ccccc1-c1cc(N(c3ccc4c(c3)-c3ccccc3-c3ccccc3O4)c3ccccc3-c3ccccc3)ccc12. The van der Waals surface area contributed by atoms with Crippen LogP contribution in [0, 0.1) is 0 Å². The van der Waals surface area contributed by atoms with Crippen molar-refractivity contribution in [2.24, 2.45) is 0 Å². The summed E-state index contributed by atoms with van der Waals surface area (Å²) in [5.41, 5.74) is 19.7. The average Bonchev–Trinajstić information content (AvgIpc) is 3.40. The Kier molecular flexibility index (Phi) is 7.48. The molecule has 0 saturated heterocycles. The second-order valence-electron chi connectivity index (χ2n) is 15.6. The van der Waals surface area contributed by atoms with Crippen molar-refractivity contribution in [1.29, 1.82) is 0 Å². The highest BCUT2D eigenvalue weighted by molar-refractivity contribution is 5.97. The molecule has 0 amide bonds. The second-order valence-corrected chi connectivity index (χ2v) is 15.6. The van der Waals surface area contributed by atoms with Gasteiger partial charge in [0.25, 0.3) is 0 Å². The van der Waals surface area contributed by atoms with Crippen LogP contribution in [0.1, 0.15) is 33.4 Å². The van der Waals surface area contributed by atoms with E-state index in [0.717, 1.165) is 61.9 Å². The summed E-state index contributed by atoms with van der Waals surface area (Å²) in [5.74, 6) is 1.70. The summed E-state index contributed by atoms with van der Waals surface area (Å²) in [4.78, 5) is 2.44. The van der Waals surface area contributed by atoms with Gasteiger partial charge in [-0.1, -0.05) is 182 Å². The second kappa shape index (κ2) is 13.2. The van der Waals surface area contributed by atoms with Crippen molar-refractivity contribution >= 4 is 29.2 Å². The summed E-state index contributed by atoms with van der Waals surface area (Å²) in [5, 5.41) is 0. The Morgan fingerprint density at radius 1 is 0.322 bits per heavy atom. The molecule has 0 unspecified atom stereocenters. The van der Waals surface area contributed by atoms with Gasteiger partial charge in [0.2, 0.25) is 0 Å². The van der Waals surface area contributed by atoms with Crippen LogP contribution in [0.4, 0.5) is 17.1 Å². The minimum atomic E-state index is -0.492. The van der Waals surface area contributed by atoms with Gasteiger partial charge >= 0.3 is 0 Å². The van der Waals surface area contributed by atoms with Crippen molar-refractivity contribution in [2.75, 3.05) is 4.90 Å². The first-order chi connectivity index (χ1) is 29.3. The molecule has 1 heterocycles. The highest BCUT2D eigenvalue weighted by Gasteiger charge is 2.48. The van der Waals surface area contributed by atoms with Crippen molar-refractivity contribution < 1.29 is 4.74 Å². The van der Waals surface area contributed by atoms with Gasteiger partial charge in [-0.25, -0.2) is 0 Å². The fourth-order valence-corrected chi connectivity index (χ4v) is 10.0. The quantitative estimate of drug-likeness (QED) is 0.178. The molecule has 0 fully saturated rings. The Labute approximate surface area is 344 Å². The Morgan fingerprint density at radius 2 is 0.814 bits per heavy atom. The smallest absolute Gasteiger partial charge is 0.135 e. The standard InChI is InChI=1S/C57H37NO/c1-2-16-38(17-3-1)43-20-9-14-28-54(43)58(42-33-35-56-49(37-42)45-22-7-6-21-44(45)47-24-10-15-29-55(47)59-56)41-32-34-53-48(36-41)46-23-8-13-27-52(46)57(53)50-25-11-4-18-39(50)30-31-40-19-5-12-26-51(40)57/h1-37H. The number of hydrogen-bond donors (Lipinski definition) is 0. The summed E-state index contributed by atoms with van der Waals surface area (Å²) in [6.45, 7) is 0. The molecule has 0 bridgehead atoms. The molecule has 9 aromatic carbocycles. The first-order valence-electron chi connectivity index (χ1n) is 20.3. The van der Waals surface area contributed by atoms with Gasteiger partial charge in [0, 0.05) is 28.1 Å². The molecule has 59 heavy (non-hydrogen) atoms. The van der Waals surface area contributed by atoms with Gasteiger partial charge in [-0.15, -0.1) is 0 Å². The van der Waals surface area contributed by atoms with Crippen molar-refractivity contribution in [1.82, 2.24) is 0 Å². The maximum atomic E-state index is 6.73. The monoisotopic (exact) mass is 751 g/mol. The molecule has 0 aromatic heterocycles. The Hall–Kier alpha value is -7.68. The Morgan fingerprint density at radius 3 is 1.54 bits per heavy atom. The third-order valence-corrected chi connectivity index (χ3v) is 12.5. The molecule has 0 atom stereocenters. The zero-order valence-electron chi connectivity index (χ0n) is 32.2. The van der Waals surface area contributed by atoms with Gasteiger partial charge in [0.1, 0.15) is 11.5 Å². The van der Waals surface area contributed by atoms with Crippen LogP contribution in [0.2, 0.25) is 0 Å². The molecule has 9 aromatic rings. The summed E-state index contributed by atoms with van der Waals surface area (Å²) in [6.07, 6.45) is 4.58. The molecule has 2 aliphatic carbocycles. The first-order valence-corrected chi connectivity index (χ1v) is 20.3. The van der Waals surface area contributed by atoms with E-state index in [1.165, 1.54) is 44.5 Å². The number of benzene rings is 9. The zero-order valence-corrected chi connectivity index (χ0v) is 32.2. The molecular formula is C57H37NO. The molecule has 1 aliphatic heterocycles. The maximum absolute atomic E-state index is 6.73. The fourth-order valence-electron chi connectivity index (χ4n) is 10.0. The van der Waals surface area contributed by atoms with Crippen LogP contribution in [0.5, 0.6) is 11.5 Å². The van der Waals surface area contributed by atoms with E-state index in [0.29, 0.717) is 0 Å².